The number of nitrogen functional groups attached to an aromatic ring is 1. The lowest BCUT2D eigenvalue weighted by Crippen LogP contribution is -2.03. The Kier molecular flexibility index (Phi) is 2.52. The summed E-state index contributed by atoms with van der Waals surface area (Å²) < 4.78 is 0. The number of aromatic amines is 1. The molecule has 96 valence electrons. The molecule has 0 saturated carbocycles. The van der Waals surface area contributed by atoms with E-state index in [1.165, 1.54) is 0 Å². The smallest absolute Gasteiger partial charge is 0.224 e. The van der Waals surface area contributed by atoms with Gasteiger partial charge in [0.2, 0.25) is 5.95 Å². The molecule has 0 radical (unpaired) electrons. The van der Waals surface area contributed by atoms with Gasteiger partial charge in [0.25, 0.3) is 0 Å². The van der Waals surface area contributed by atoms with Crippen LogP contribution in [0.25, 0.3) is 11.2 Å². The summed E-state index contributed by atoms with van der Waals surface area (Å²) in [4.78, 5) is 19.7. The molecule has 3 heterocycles. The van der Waals surface area contributed by atoms with Crippen LogP contribution in [-0.4, -0.2) is 24.9 Å². The number of nitrogens with zero attached hydrogens (tertiary/aromatic N) is 4. The second-order valence-electron chi connectivity index (χ2n) is 4.24. The van der Waals surface area contributed by atoms with Crippen LogP contribution in [0, 0.1) is 13.8 Å². The molecule has 19 heavy (non-hydrogen) atoms. The molecule has 0 spiro atoms. The van der Waals surface area contributed by atoms with Crippen LogP contribution in [0.1, 0.15) is 11.4 Å². The molecule has 0 aliphatic carbocycles. The van der Waals surface area contributed by atoms with E-state index in [0.717, 1.165) is 17.1 Å². The highest BCUT2D eigenvalue weighted by molar-refractivity contribution is 5.86. The zero-order valence-electron chi connectivity index (χ0n) is 10.6. The van der Waals surface area contributed by atoms with Crippen molar-refractivity contribution in [2.45, 2.75) is 13.8 Å². The molecule has 0 unspecified atom stereocenters. The Labute approximate surface area is 109 Å². The lowest BCUT2D eigenvalue weighted by molar-refractivity contribution is 1.12. The van der Waals surface area contributed by atoms with Crippen molar-refractivity contribution in [3.05, 3.63) is 29.8 Å². The average Bonchev–Trinajstić information content (AvgIpc) is 2.80. The van der Waals surface area contributed by atoms with Gasteiger partial charge in [-0.3, -0.25) is 4.98 Å². The van der Waals surface area contributed by atoms with Gasteiger partial charge in [-0.25, -0.2) is 4.98 Å². The fourth-order valence-electron chi connectivity index (χ4n) is 1.89. The number of fused-ring (bicyclic) bond motifs is 1. The quantitative estimate of drug-likeness (QED) is 0.643. The largest absolute Gasteiger partial charge is 0.368 e. The van der Waals surface area contributed by atoms with Gasteiger partial charge < -0.3 is 16.0 Å². The monoisotopic (exact) mass is 255 g/mol. The van der Waals surface area contributed by atoms with E-state index in [1.807, 2.05) is 26.0 Å². The normalized spacial score (nSPS) is 10.8. The fraction of sp³-hybridized carbons (Fsp3) is 0.167. The Morgan fingerprint density at radius 3 is 2.79 bits per heavy atom. The van der Waals surface area contributed by atoms with Gasteiger partial charge in [0.05, 0.1) is 17.7 Å². The minimum absolute atomic E-state index is 0.180. The van der Waals surface area contributed by atoms with E-state index < -0.39 is 0 Å². The van der Waals surface area contributed by atoms with E-state index >= 15 is 0 Å². The highest BCUT2D eigenvalue weighted by Gasteiger charge is 2.10. The molecular formula is C12H13N7. The summed E-state index contributed by atoms with van der Waals surface area (Å²) in [5, 5.41) is 3.20. The van der Waals surface area contributed by atoms with Crippen molar-refractivity contribution in [3.8, 4) is 0 Å². The van der Waals surface area contributed by atoms with Crippen molar-refractivity contribution >= 4 is 28.6 Å². The topological polar surface area (TPSA) is 105 Å². The molecule has 0 saturated heterocycles. The second-order valence-corrected chi connectivity index (χ2v) is 4.24. The van der Waals surface area contributed by atoms with Gasteiger partial charge in [-0.2, -0.15) is 9.97 Å². The molecule has 7 nitrogen and oxygen atoms in total. The van der Waals surface area contributed by atoms with Crippen molar-refractivity contribution in [2.75, 3.05) is 11.1 Å². The van der Waals surface area contributed by atoms with Gasteiger partial charge in [-0.15, -0.1) is 0 Å². The summed E-state index contributed by atoms with van der Waals surface area (Å²) >= 11 is 0. The molecule has 0 amide bonds. The van der Waals surface area contributed by atoms with E-state index in [4.69, 9.17) is 5.73 Å². The van der Waals surface area contributed by atoms with Crippen LogP contribution in [0.15, 0.2) is 18.5 Å². The van der Waals surface area contributed by atoms with Crippen LogP contribution in [0.2, 0.25) is 0 Å². The molecule has 3 aromatic heterocycles. The minimum Gasteiger partial charge on any atom is -0.368 e. The highest BCUT2D eigenvalue weighted by Crippen LogP contribution is 2.23. The molecule has 3 rings (SSSR count). The van der Waals surface area contributed by atoms with Gasteiger partial charge in [0.1, 0.15) is 5.52 Å². The molecule has 0 aliphatic rings. The van der Waals surface area contributed by atoms with E-state index in [9.17, 15) is 0 Å². The van der Waals surface area contributed by atoms with Gasteiger partial charge >= 0.3 is 0 Å². The number of rotatable bonds is 2. The third kappa shape index (κ3) is 2.05. The van der Waals surface area contributed by atoms with Crippen molar-refractivity contribution in [1.29, 1.82) is 0 Å². The summed E-state index contributed by atoms with van der Waals surface area (Å²) in [5.41, 5.74) is 9.66. The molecule has 3 aromatic rings. The van der Waals surface area contributed by atoms with Crippen LogP contribution in [-0.2, 0) is 0 Å². The Morgan fingerprint density at radius 1 is 1.16 bits per heavy atom. The third-order valence-electron chi connectivity index (χ3n) is 2.78. The number of nitrogens with two attached hydrogens (primary N) is 1. The maximum Gasteiger partial charge on any atom is 0.224 e. The lowest BCUT2D eigenvalue weighted by Gasteiger charge is -2.09. The first-order valence-corrected chi connectivity index (χ1v) is 5.81. The summed E-state index contributed by atoms with van der Waals surface area (Å²) in [5.74, 6) is 0.772. The number of hydrogen-bond donors (Lipinski definition) is 3. The van der Waals surface area contributed by atoms with Gasteiger partial charge in [-0.05, 0) is 26.0 Å². The summed E-state index contributed by atoms with van der Waals surface area (Å²) in [6.45, 7) is 3.89. The summed E-state index contributed by atoms with van der Waals surface area (Å²) in [7, 11) is 0. The van der Waals surface area contributed by atoms with E-state index in [1.54, 1.807) is 6.33 Å². The highest BCUT2D eigenvalue weighted by atomic mass is 15.1. The number of aromatic nitrogens is 5. The first-order chi connectivity index (χ1) is 9.13. The predicted molar refractivity (Wildman–Crippen MR) is 73.1 cm³/mol. The third-order valence-corrected chi connectivity index (χ3v) is 2.78. The average molecular weight is 255 g/mol. The van der Waals surface area contributed by atoms with E-state index in [2.05, 4.69) is 30.2 Å². The van der Waals surface area contributed by atoms with Gasteiger partial charge in [0.15, 0.2) is 11.5 Å². The molecule has 7 heteroatoms. The number of aryl methyl sites for hydroxylation is 2. The van der Waals surface area contributed by atoms with Crippen LogP contribution in [0.4, 0.5) is 17.5 Å². The van der Waals surface area contributed by atoms with Gasteiger partial charge in [-0.1, -0.05) is 0 Å². The Balaban J connectivity index is 2.07. The van der Waals surface area contributed by atoms with Crippen molar-refractivity contribution < 1.29 is 0 Å². The van der Waals surface area contributed by atoms with Crippen LogP contribution >= 0.6 is 0 Å². The number of pyridine rings is 1. The lowest BCUT2D eigenvalue weighted by atomic mass is 10.2. The van der Waals surface area contributed by atoms with E-state index in [-0.39, 0.29) is 5.95 Å². The Morgan fingerprint density at radius 2 is 2.00 bits per heavy atom. The van der Waals surface area contributed by atoms with Crippen LogP contribution < -0.4 is 11.1 Å². The Hall–Kier alpha value is -2.70. The summed E-state index contributed by atoms with van der Waals surface area (Å²) in [6.07, 6.45) is 1.56. The fourth-order valence-corrected chi connectivity index (χ4v) is 1.89. The molecule has 0 aliphatic heterocycles. The maximum absolute atomic E-state index is 5.67. The van der Waals surface area contributed by atoms with Gasteiger partial charge in [0, 0.05) is 5.69 Å². The molecular weight excluding hydrogens is 242 g/mol. The zero-order valence-corrected chi connectivity index (χ0v) is 10.6. The van der Waals surface area contributed by atoms with Crippen molar-refractivity contribution in [2.24, 2.45) is 0 Å². The van der Waals surface area contributed by atoms with Crippen LogP contribution in [0.5, 0.6) is 0 Å². The predicted octanol–water partition coefficient (Wildman–Crippen LogP) is 1.69. The van der Waals surface area contributed by atoms with E-state index in [0.29, 0.717) is 17.0 Å². The molecule has 0 atom stereocenters. The standard InChI is InChI=1S/C12H13N7/c1-6-3-4-8(7(2)16-6)17-11-9-10(15-5-14-9)18-12(13)19-11/h3-5H,1-2H3,(H4,13,14,15,17,18,19). The number of H-pyrrole nitrogens is 1. The number of anilines is 3. The minimum atomic E-state index is 0.180. The maximum atomic E-state index is 5.67. The number of nitrogens with one attached hydrogen (secondary N) is 2. The first-order valence-electron chi connectivity index (χ1n) is 5.81. The molecule has 0 aromatic carbocycles. The van der Waals surface area contributed by atoms with Crippen molar-refractivity contribution in [1.82, 2.24) is 24.9 Å². The number of imidazole rings is 1. The first kappa shape index (κ1) is 11.4. The van der Waals surface area contributed by atoms with Crippen molar-refractivity contribution in [3.63, 3.8) is 0 Å². The molecule has 0 bridgehead atoms. The molecule has 0 fully saturated rings. The SMILES string of the molecule is Cc1ccc(Nc2nc(N)nc3nc[nH]c23)c(C)n1. The second kappa shape index (κ2) is 4.20. The number of hydrogen-bond acceptors (Lipinski definition) is 6. The summed E-state index contributed by atoms with van der Waals surface area (Å²) in [6, 6.07) is 3.89. The zero-order chi connectivity index (χ0) is 13.4. The van der Waals surface area contributed by atoms with Crippen LogP contribution in [0.3, 0.4) is 0 Å². The Bertz CT molecular complexity index is 747. The molecule has 4 N–H and O–H groups in total.